The van der Waals surface area contributed by atoms with Gasteiger partial charge in [0, 0.05) is 16.1 Å². The number of nitriles is 1. The second kappa shape index (κ2) is 7.64. The maximum atomic E-state index is 12.2. The molecule has 26 heavy (non-hydrogen) atoms. The average Bonchev–Trinajstić information content (AvgIpc) is 2.64. The van der Waals surface area contributed by atoms with Crippen LogP contribution in [0.1, 0.15) is 16.7 Å². The molecule has 0 aliphatic carbocycles. The summed E-state index contributed by atoms with van der Waals surface area (Å²) < 4.78 is 0. The lowest BCUT2D eigenvalue weighted by Crippen LogP contribution is -2.16. The van der Waals surface area contributed by atoms with Crippen LogP contribution in [0.3, 0.4) is 0 Å². The van der Waals surface area contributed by atoms with Gasteiger partial charge < -0.3 is 0 Å². The fourth-order valence-corrected chi connectivity index (χ4v) is 2.62. The van der Waals surface area contributed by atoms with Crippen molar-refractivity contribution >= 4 is 23.8 Å². The number of aryl methyl sites for hydroxylation is 1. The average molecular weight is 364 g/mol. The minimum absolute atomic E-state index is 0.0488. The third-order valence-electron chi connectivity index (χ3n) is 3.61. The van der Waals surface area contributed by atoms with Crippen LogP contribution in [0.2, 0.25) is 5.02 Å². The molecule has 3 rings (SSSR count). The number of nitrogens with one attached hydrogen (secondary N) is 2. The third kappa shape index (κ3) is 3.79. The van der Waals surface area contributed by atoms with Crippen molar-refractivity contribution in [2.75, 3.05) is 5.43 Å². The van der Waals surface area contributed by atoms with Gasteiger partial charge in [0.25, 0.3) is 5.56 Å². The van der Waals surface area contributed by atoms with E-state index < -0.39 is 5.56 Å². The first-order valence-corrected chi connectivity index (χ1v) is 8.11. The third-order valence-corrected chi connectivity index (χ3v) is 3.94. The predicted octanol–water partition coefficient (Wildman–Crippen LogP) is 3.72. The zero-order valence-electron chi connectivity index (χ0n) is 13.8. The first-order valence-electron chi connectivity index (χ1n) is 7.73. The number of H-pyrrole nitrogens is 1. The van der Waals surface area contributed by atoms with E-state index in [1.807, 2.05) is 49.4 Å². The number of hydrogen-bond acceptors (Lipinski definition) is 5. The highest BCUT2D eigenvalue weighted by Crippen LogP contribution is 2.19. The van der Waals surface area contributed by atoms with Gasteiger partial charge in [-0.25, -0.2) is 10.4 Å². The van der Waals surface area contributed by atoms with E-state index in [1.165, 1.54) is 6.21 Å². The maximum Gasteiger partial charge on any atom is 0.270 e. The van der Waals surface area contributed by atoms with Gasteiger partial charge in [0.2, 0.25) is 5.95 Å². The Morgan fingerprint density at radius 3 is 2.73 bits per heavy atom. The summed E-state index contributed by atoms with van der Waals surface area (Å²) in [5.74, 6) is 0.132. The molecule has 0 aliphatic heterocycles. The summed E-state index contributed by atoms with van der Waals surface area (Å²) in [5.41, 5.74) is 4.83. The van der Waals surface area contributed by atoms with Crippen molar-refractivity contribution in [2.24, 2.45) is 5.10 Å². The number of aromatic amines is 1. The van der Waals surface area contributed by atoms with Gasteiger partial charge in [0.15, 0.2) is 0 Å². The van der Waals surface area contributed by atoms with E-state index in [2.05, 4.69) is 20.5 Å². The van der Waals surface area contributed by atoms with Gasteiger partial charge in [-0.05, 0) is 18.6 Å². The molecule has 128 valence electrons. The first-order chi connectivity index (χ1) is 12.6. The lowest BCUT2D eigenvalue weighted by molar-refractivity contribution is 1.08. The van der Waals surface area contributed by atoms with Crippen LogP contribution in [0.25, 0.3) is 11.3 Å². The maximum absolute atomic E-state index is 12.2. The number of rotatable bonds is 4. The Bertz CT molecular complexity index is 1070. The summed E-state index contributed by atoms with van der Waals surface area (Å²) in [7, 11) is 0. The Morgan fingerprint density at radius 1 is 1.27 bits per heavy atom. The molecule has 0 unspecified atom stereocenters. The van der Waals surface area contributed by atoms with E-state index in [9.17, 15) is 10.1 Å². The largest absolute Gasteiger partial charge is 0.290 e. The number of hydrazone groups is 1. The predicted molar refractivity (Wildman–Crippen MR) is 102 cm³/mol. The highest BCUT2D eigenvalue weighted by molar-refractivity contribution is 6.33. The second-order valence-corrected chi connectivity index (χ2v) is 5.92. The molecule has 0 saturated heterocycles. The Balaban J connectivity index is 1.92. The van der Waals surface area contributed by atoms with Crippen LogP contribution in [0.15, 0.2) is 58.4 Å². The van der Waals surface area contributed by atoms with Crippen molar-refractivity contribution < 1.29 is 0 Å². The number of benzene rings is 2. The summed E-state index contributed by atoms with van der Waals surface area (Å²) in [5, 5.41) is 13.9. The van der Waals surface area contributed by atoms with Crippen LogP contribution >= 0.6 is 11.6 Å². The van der Waals surface area contributed by atoms with Crippen molar-refractivity contribution in [1.29, 1.82) is 5.26 Å². The van der Waals surface area contributed by atoms with Crippen molar-refractivity contribution in [3.8, 4) is 17.3 Å². The molecule has 6 nitrogen and oxygen atoms in total. The Labute approximate surface area is 154 Å². The smallest absolute Gasteiger partial charge is 0.270 e. The van der Waals surface area contributed by atoms with Crippen molar-refractivity contribution in [3.63, 3.8) is 0 Å². The van der Waals surface area contributed by atoms with Gasteiger partial charge in [-0.2, -0.15) is 10.4 Å². The molecule has 0 bridgehead atoms. The Morgan fingerprint density at radius 2 is 2.04 bits per heavy atom. The van der Waals surface area contributed by atoms with Crippen molar-refractivity contribution in [3.05, 3.63) is 80.6 Å². The highest BCUT2D eigenvalue weighted by Gasteiger charge is 2.12. The molecule has 3 aromatic rings. The zero-order chi connectivity index (χ0) is 18.5. The molecule has 0 fully saturated rings. The molecule has 0 spiro atoms. The lowest BCUT2D eigenvalue weighted by Gasteiger charge is -2.06. The summed E-state index contributed by atoms with van der Waals surface area (Å²) in [6.07, 6.45) is 1.53. The molecular formula is C19H14ClN5O. The van der Waals surface area contributed by atoms with Gasteiger partial charge in [0.1, 0.15) is 11.6 Å². The zero-order valence-corrected chi connectivity index (χ0v) is 14.6. The van der Waals surface area contributed by atoms with E-state index in [-0.39, 0.29) is 11.5 Å². The van der Waals surface area contributed by atoms with Crippen LogP contribution in [0.4, 0.5) is 5.95 Å². The van der Waals surface area contributed by atoms with Crippen LogP contribution in [-0.2, 0) is 0 Å². The highest BCUT2D eigenvalue weighted by atomic mass is 35.5. The molecule has 7 heteroatoms. The number of halogens is 1. The topological polar surface area (TPSA) is 93.9 Å². The molecule has 2 N–H and O–H groups in total. The molecule has 0 aliphatic rings. The normalized spacial score (nSPS) is 10.7. The Hall–Kier alpha value is -3.43. The van der Waals surface area contributed by atoms with Gasteiger partial charge in [-0.15, -0.1) is 0 Å². The van der Waals surface area contributed by atoms with Crippen LogP contribution in [0, 0.1) is 18.3 Å². The molecule has 2 aromatic carbocycles. The van der Waals surface area contributed by atoms with E-state index in [0.29, 0.717) is 16.3 Å². The fourth-order valence-electron chi connectivity index (χ4n) is 2.33. The van der Waals surface area contributed by atoms with E-state index in [1.54, 1.807) is 12.1 Å². The van der Waals surface area contributed by atoms with Gasteiger partial charge in [-0.1, -0.05) is 54.1 Å². The fraction of sp³-hybridized carbons (Fsp3) is 0.0526. The SMILES string of the molecule is Cc1ccc(C=NNc2nc(-c3ccccc3)c(C#N)c(=O)[nH]2)c(Cl)c1. The molecule has 1 aromatic heterocycles. The molecular weight excluding hydrogens is 350 g/mol. The van der Waals surface area contributed by atoms with Crippen LogP contribution < -0.4 is 11.0 Å². The standard InChI is InChI=1S/C19H14ClN5O/c1-12-7-8-14(16(20)9-12)11-22-25-19-23-17(13-5-3-2-4-6-13)15(10-21)18(26)24-19/h2-9,11H,1H3,(H2,23,24,25,26). The Kier molecular flexibility index (Phi) is 5.11. The van der Waals surface area contributed by atoms with E-state index in [0.717, 1.165) is 11.1 Å². The van der Waals surface area contributed by atoms with Crippen LogP contribution in [0.5, 0.6) is 0 Å². The molecule has 0 saturated carbocycles. The summed E-state index contributed by atoms with van der Waals surface area (Å²) >= 11 is 6.15. The van der Waals surface area contributed by atoms with Gasteiger partial charge in [-0.3, -0.25) is 9.78 Å². The van der Waals surface area contributed by atoms with E-state index in [4.69, 9.17) is 11.6 Å². The summed E-state index contributed by atoms with van der Waals surface area (Å²) in [6.45, 7) is 1.95. The summed E-state index contributed by atoms with van der Waals surface area (Å²) in [6, 6.07) is 16.5. The monoisotopic (exact) mass is 363 g/mol. The van der Waals surface area contributed by atoms with Gasteiger partial charge in [0.05, 0.1) is 11.9 Å². The number of anilines is 1. The lowest BCUT2D eigenvalue weighted by atomic mass is 10.1. The summed E-state index contributed by atoms with van der Waals surface area (Å²) in [4.78, 5) is 19.0. The number of hydrogen-bond donors (Lipinski definition) is 2. The first kappa shape index (κ1) is 17.4. The molecule has 0 atom stereocenters. The van der Waals surface area contributed by atoms with Crippen LogP contribution in [-0.4, -0.2) is 16.2 Å². The van der Waals surface area contributed by atoms with Crippen molar-refractivity contribution in [1.82, 2.24) is 9.97 Å². The number of aromatic nitrogens is 2. The van der Waals surface area contributed by atoms with Gasteiger partial charge >= 0.3 is 0 Å². The quantitative estimate of drug-likeness (QED) is 0.545. The van der Waals surface area contributed by atoms with E-state index >= 15 is 0 Å². The molecule has 1 heterocycles. The minimum atomic E-state index is -0.535. The van der Waals surface area contributed by atoms with Crippen molar-refractivity contribution in [2.45, 2.75) is 6.92 Å². The number of nitrogens with zero attached hydrogens (tertiary/aromatic N) is 3. The second-order valence-electron chi connectivity index (χ2n) is 5.51. The molecule has 0 radical (unpaired) electrons. The minimum Gasteiger partial charge on any atom is -0.290 e. The molecule has 0 amide bonds.